The molecule has 4 nitrogen and oxygen atoms in total. The molecule has 0 saturated carbocycles. The van der Waals surface area contributed by atoms with Crippen molar-refractivity contribution in [2.75, 3.05) is 0 Å². The Morgan fingerprint density at radius 1 is 1.16 bits per heavy atom. The van der Waals surface area contributed by atoms with E-state index in [2.05, 4.69) is 22.1 Å². The summed E-state index contributed by atoms with van der Waals surface area (Å²) in [5.41, 5.74) is -1.20. The van der Waals surface area contributed by atoms with Crippen LogP contribution in [0.4, 0.5) is 13.2 Å². The number of nitrogens with one attached hydrogen (secondary N) is 1. The van der Waals surface area contributed by atoms with E-state index in [0.717, 1.165) is 23.5 Å². The molecule has 3 rings (SSSR count). The Kier molecular flexibility index (Phi) is 6.58. The summed E-state index contributed by atoms with van der Waals surface area (Å²) in [6, 6.07) is 11.0. The van der Waals surface area contributed by atoms with Gasteiger partial charge in [0.1, 0.15) is 10.6 Å². The maximum Gasteiger partial charge on any atom is 0.416 e. The fourth-order valence-electron chi connectivity index (χ4n) is 2.41. The van der Waals surface area contributed by atoms with Gasteiger partial charge in [0, 0.05) is 10.6 Å². The Hall–Kier alpha value is -3.02. The second-order valence-corrected chi connectivity index (χ2v) is 8.38. The fraction of sp³-hybridized carbons (Fsp3) is 0.182. The number of ether oxygens (including phenoxy) is 1. The third-order valence-electron chi connectivity index (χ3n) is 3.88. The normalized spacial score (nSPS) is 11.4. The van der Waals surface area contributed by atoms with Crippen molar-refractivity contribution in [1.29, 1.82) is 0 Å². The predicted octanol–water partition coefficient (Wildman–Crippen LogP) is 6.17. The van der Waals surface area contributed by atoms with Gasteiger partial charge in [0.15, 0.2) is 0 Å². The fourth-order valence-corrected chi connectivity index (χ4v) is 3.17. The zero-order valence-corrected chi connectivity index (χ0v) is 18.0. The second-order valence-electron chi connectivity index (χ2n) is 6.95. The SMILES string of the molecule is CC(C)(C#Cc1cnc(Oc2cccc(C(F)(F)F)c2)s1)NC(=O)c1ccc(Cl)cc1. The smallest absolute Gasteiger partial charge is 0.416 e. The number of aromatic nitrogens is 1. The number of amides is 1. The Morgan fingerprint density at radius 2 is 1.87 bits per heavy atom. The Balaban J connectivity index is 1.67. The molecular weight excluding hydrogens is 449 g/mol. The quantitative estimate of drug-likeness (QED) is 0.470. The average molecular weight is 465 g/mol. The van der Waals surface area contributed by atoms with E-state index in [1.807, 2.05) is 0 Å². The summed E-state index contributed by atoms with van der Waals surface area (Å²) < 4.78 is 43.9. The monoisotopic (exact) mass is 464 g/mol. The number of halogens is 4. The lowest BCUT2D eigenvalue weighted by atomic mass is 10.1. The van der Waals surface area contributed by atoms with E-state index in [4.69, 9.17) is 16.3 Å². The highest BCUT2D eigenvalue weighted by molar-refractivity contribution is 7.13. The molecule has 0 aliphatic rings. The predicted molar refractivity (Wildman–Crippen MR) is 114 cm³/mol. The molecule has 0 radical (unpaired) electrons. The summed E-state index contributed by atoms with van der Waals surface area (Å²) in [5.74, 6) is 5.58. The van der Waals surface area contributed by atoms with Crippen LogP contribution in [0, 0.1) is 11.8 Å². The van der Waals surface area contributed by atoms with E-state index in [-0.39, 0.29) is 16.9 Å². The lowest BCUT2D eigenvalue weighted by Crippen LogP contribution is -2.42. The van der Waals surface area contributed by atoms with Gasteiger partial charge in [-0.1, -0.05) is 40.8 Å². The number of hydrogen-bond acceptors (Lipinski definition) is 4. The van der Waals surface area contributed by atoms with E-state index in [0.29, 0.717) is 15.5 Å². The lowest BCUT2D eigenvalue weighted by molar-refractivity contribution is -0.137. The van der Waals surface area contributed by atoms with Crippen LogP contribution in [-0.4, -0.2) is 16.4 Å². The molecule has 9 heteroatoms. The van der Waals surface area contributed by atoms with Gasteiger partial charge in [0.25, 0.3) is 11.1 Å². The third-order valence-corrected chi connectivity index (χ3v) is 4.92. The minimum absolute atomic E-state index is 0.0271. The van der Waals surface area contributed by atoms with Gasteiger partial charge in [0.05, 0.1) is 17.3 Å². The molecule has 0 bridgehead atoms. The van der Waals surface area contributed by atoms with Crippen LogP contribution in [0.1, 0.15) is 34.6 Å². The Morgan fingerprint density at radius 3 is 2.55 bits per heavy atom. The number of hydrogen-bond donors (Lipinski definition) is 1. The molecule has 31 heavy (non-hydrogen) atoms. The van der Waals surface area contributed by atoms with Crippen molar-refractivity contribution in [2.24, 2.45) is 0 Å². The second kappa shape index (κ2) is 9.00. The summed E-state index contributed by atoms with van der Waals surface area (Å²) in [5, 5.41) is 3.51. The van der Waals surface area contributed by atoms with Gasteiger partial charge < -0.3 is 10.1 Å². The molecule has 160 valence electrons. The number of carbonyl (C=O) groups is 1. The molecule has 0 fully saturated rings. The maximum absolute atomic E-state index is 12.8. The number of nitrogens with zero attached hydrogens (tertiary/aromatic N) is 1. The first-order valence-electron chi connectivity index (χ1n) is 8.94. The first-order valence-corrected chi connectivity index (χ1v) is 10.1. The van der Waals surface area contributed by atoms with Crippen LogP contribution < -0.4 is 10.1 Å². The summed E-state index contributed by atoms with van der Waals surface area (Å²) in [6.45, 7) is 3.49. The number of alkyl halides is 3. The highest BCUT2D eigenvalue weighted by Gasteiger charge is 2.30. The third kappa shape index (κ3) is 6.48. The molecule has 0 spiro atoms. The highest BCUT2D eigenvalue weighted by atomic mass is 35.5. The van der Waals surface area contributed by atoms with Crippen LogP contribution in [-0.2, 0) is 6.18 Å². The molecule has 0 saturated heterocycles. The first kappa shape index (κ1) is 22.7. The summed E-state index contributed by atoms with van der Waals surface area (Å²) in [4.78, 5) is 16.9. The van der Waals surface area contributed by atoms with Gasteiger partial charge in [-0.2, -0.15) is 13.2 Å². The van der Waals surface area contributed by atoms with E-state index in [1.165, 1.54) is 18.3 Å². The summed E-state index contributed by atoms with van der Waals surface area (Å²) >= 11 is 6.91. The zero-order valence-electron chi connectivity index (χ0n) is 16.4. The minimum Gasteiger partial charge on any atom is -0.431 e. The maximum atomic E-state index is 12.8. The number of rotatable bonds is 4. The number of thiazole rings is 1. The highest BCUT2D eigenvalue weighted by Crippen LogP contribution is 2.33. The molecular formula is C22H16ClF3N2O2S. The summed E-state index contributed by atoms with van der Waals surface area (Å²) in [7, 11) is 0. The molecule has 1 aromatic heterocycles. The average Bonchev–Trinajstić information content (AvgIpc) is 3.14. The van der Waals surface area contributed by atoms with Crippen LogP contribution in [0.15, 0.2) is 54.7 Å². The van der Waals surface area contributed by atoms with Crippen molar-refractivity contribution >= 4 is 28.8 Å². The van der Waals surface area contributed by atoms with E-state index in [9.17, 15) is 18.0 Å². The van der Waals surface area contributed by atoms with Crippen molar-refractivity contribution in [3.63, 3.8) is 0 Å². The first-order chi connectivity index (χ1) is 14.5. The number of carbonyl (C=O) groups excluding carboxylic acids is 1. The zero-order chi connectivity index (χ0) is 22.6. The van der Waals surface area contributed by atoms with Crippen molar-refractivity contribution in [2.45, 2.75) is 25.6 Å². The van der Waals surface area contributed by atoms with Gasteiger partial charge in [-0.3, -0.25) is 4.79 Å². The van der Waals surface area contributed by atoms with E-state index in [1.54, 1.807) is 38.1 Å². The molecule has 0 atom stereocenters. The largest absolute Gasteiger partial charge is 0.431 e. The molecule has 1 N–H and O–H groups in total. The van der Waals surface area contributed by atoms with Crippen LogP contribution in [0.2, 0.25) is 5.02 Å². The van der Waals surface area contributed by atoms with Gasteiger partial charge in [-0.15, -0.1) is 0 Å². The Labute approximate surface area is 186 Å². The van der Waals surface area contributed by atoms with Gasteiger partial charge >= 0.3 is 6.18 Å². The van der Waals surface area contributed by atoms with Crippen molar-refractivity contribution in [3.8, 4) is 22.8 Å². The van der Waals surface area contributed by atoms with Crippen molar-refractivity contribution in [1.82, 2.24) is 10.3 Å². The van der Waals surface area contributed by atoms with E-state index >= 15 is 0 Å². The van der Waals surface area contributed by atoms with Gasteiger partial charge in [-0.05, 0) is 56.3 Å². The van der Waals surface area contributed by atoms with Crippen LogP contribution in [0.5, 0.6) is 10.9 Å². The topological polar surface area (TPSA) is 51.2 Å². The van der Waals surface area contributed by atoms with E-state index < -0.39 is 17.3 Å². The van der Waals surface area contributed by atoms with Gasteiger partial charge in [-0.25, -0.2) is 4.98 Å². The number of benzene rings is 2. The Bertz CT molecular complexity index is 1150. The van der Waals surface area contributed by atoms with Crippen LogP contribution in [0.3, 0.4) is 0 Å². The minimum atomic E-state index is -4.46. The molecule has 2 aromatic carbocycles. The molecule has 3 aromatic rings. The molecule has 0 aliphatic heterocycles. The summed E-state index contributed by atoms with van der Waals surface area (Å²) in [6.07, 6.45) is -3.00. The molecule has 1 amide bonds. The van der Waals surface area contributed by atoms with Crippen molar-refractivity contribution in [3.05, 3.63) is 75.8 Å². The molecule has 0 aliphatic carbocycles. The standard InChI is InChI=1S/C22H16ClF3N2O2S/c1-21(2,28-19(29)14-6-8-16(23)9-7-14)11-10-18-13-27-20(31-18)30-17-5-3-4-15(12-17)22(24,25)26/h3-9,12-13H,1-2H3,(H,28,29). The molecule has 1 heterocycles. The van der Waals surface area contributed by atoms with Crippen molar-refractivity contribution < 1.29 is 22.7 Å². The van der Waals surface area contributed by atoms with Crippen LogP contribution >= 0.6 is 22.9 Å². The van der Waals surface area contributed by atoms with Gasteiger partial charge in [0.2, 0.25) is 0 Å². The lowest BCUT2D eigenvalue weighted by Gasteiger charge is -2.19. The van der Waals surface area contributed by atoms with Crippen LogP contribution in [0.25, 0.3) is 0 Å². The molecule has 0 unspecified atom stereocenters.